The second-order valence-corrected chi connectivity index (χ2v) is 8.98. The fourth-order valence-electron chi connectivity index (χ4n) is 4.16. The van der Waals surface area contributed by atoms with Crippen LogP contribution in [0.5, 0.6) is 5.75 Å². The molecule has 1 N–H and O–H groups in total. The molecule has 4 aromatic carbocycles. The van der Waals surface area contributed by atoms with E-state index in [4.69, 9.17) is 4.74 Å². The molecule has 1 amide bonds. The van der Waals surface area contributed by atoms with E-state index >= 15 is 0 Å². The Morgan fingerprint density at radius 3 is 2.61 bits per heavy atom. The molecule has 0 fully saturated rings. The second kappa shape index (κ2) is 9.59. The number of nitrogens with one attached hydrogen (secondary N) is 1. The van der Waals surface area contributed by atoms with Gasteiger partial charge in [0.2, 0.25) is 0 Å². The van der Waals surface area contributed by atoms with Gasteiger partial charge in [0.05, 0.1) is 12.3 Å². The zero-order valence-electron chi connectivity index (χ0n) is 18.6. The van der Waals surface area contributed by atoms with Crippen LogP contribution in [-0.2, 0) is 6.54 Å². The first-order chi connectivity index (χ1) is 16.2. The van der Waals surface area contributed by atoms with E-state index < -0.39 is 0 Å². The molecule has 4 aromatic rings. The van der Waals surface area contributed by atoms with Gasteiger partial charge in [-0.05, 0) is 71.5 Å². The topological polar surface area (TPSA) is 41.6 Å². The Bertz CT molecular complexity index is 1290. The Morgan fingerprint density at radius 2 is 1.79 bits per heavy atom. The lowest BCUT2D eigenvalue weighted by atomic mass is 10.1. The maximum absolute atomic E-state index is 12.8. The van der Waals surface area contributed by atoms with Crippen molar-refractivity contribution >= 4 is 39.8 Å². The second-order valence-electron chi connectivity index (χ2n) is 8.10. The minimum atomic E-state index is -0.100. The summed E-state index contributed by atoms with van der Waals surface area (Å²) in [6, 6.07) is 28.9. The van der Waals surface area contributed by atoms with E-state index in [0.29, 0.717) is 18.7 Å². The van der Waals surface area contributed by atoms with Crippen LogP contribution in [0.3, 0.4) is 0 Å². The number of carbonyl (C=O) groups excluding carboxylic acids is 1. The number of nitrogens with zero attached hydrogens (tertiary/aromatic N) is 1. The van der Waals surface area contributed by atoms with Crippen molar-refractivity contribution in [2.24, 2.45) is 0 Å². The maximum atomic E-state index is 12.8. The van der Waals surface area contributed by atoms with Crippen molar-refractivity contribution in [1.29, 1.82) is 0 Å². The molecule has 5 rings (SSSR count). The van der Waals surface area contributed by atoms with Gasteiger partial charge in [-0.15, -0.1) is 11.8 Å². The quantitative estimate of drug-likeness (QED) is 0.354. The van der Waals surface area contributed by atoms with Gasteiger partial charge in [-0.25, -0.2) is 0 Å². The largest absolute Gasteiger partial charge is 0.491 e. The molecule has 0 atom stereocenters. The fraction of sp³-hybridized carbons (Fsp3) is 0.179. The predicted molar refractivity (Wildman–Crippen MR) is 137 cm³/mol. The van der Waals surface area contributed by atoms with Crippen LogP contribution in [0.1, 0.15) is 22.3 Å². The van der Waals surface area contributed by atoms with Crippen LogP contribution in [0.15, 0.2) is 89.8 Å². The molecule has 1 heterocycles. The number of carbonyl (C=O) groups is 1. The number of rotatable bonds is 5. The van der Waals surface area contributed by atoms with Gasteiger partial charge in [0.1, 0.15) is 5.75 Å². The first kappa shape index (κ1) is 21.4. The SMILES string of the molecule is CSc1ccc(CNC(=O)c2ccc3c(c2)OCCCN3c2ccc3ccccc3c2)cc1. The third-order valence-corrected chi connectivity index (χ3v) is 6.70. The molecule has 0 bridgehead atoms. The normalized spacial score (nSPS) is 13.2. The number of thioether (sulfide) groups is 1. The van der Waals surface area contributed by atoms with Crippen molar-refractivity contribution < 1.29 is 9.53 Å². The van der Waals surface area contributed by atoms with Crippen LogP contribution < -0.4 is 15.0 Å². The van der Waals surface area contributed by atoms with E-state index in [9.17, 15) is 4.79 Å². The van der Waals surface area contributed by atoms with Crippen LogP contribution in [0.2, 0.25) is 0 Å². The highest BCUT2D eigenvalue weighted by Crippen LogP contribution is 2.37. The average Bonchev–Trinajstić information content (AvgIpc) is 3.09. The van der Waals surface area contributed by atoms with Gasteiger partial charge in [0.15, 0.2) is 0 Å². The summed E-state index contributed by atoms with van der Waals surface area (Å²) < 4.78 is 6.04. The predicted octanol–water partition coefficient (Wildman–Crippen LogP) is 6.41. The van der Waals surface area contributed by atoms with Crippen molar-refractivity contribution in [3.05, 3.63) is 96.1 Å². The molecule has 0 unspecified atom stereocenters. The summed E-state index contributed by atoms with van der Waals surface area (Å²) in [7, 11) is 0. The number of anilines is 2. The summed E-state index contributed by atoms with van der Waals surface area (Å²) in [6.07, 6.45) is 2.97. The Kier molecular flexibility index (Phi) is 6.22. The van der Waals surface area contributed by atoms with Crippen LogP contribution >= 0.6 is 11.8 Å². The van der Waals surface area contributed by atoms with Crippen LogP contribution in [0, 0.1) is 0 Å². The molecule has 5 heteroatoms. The zero-order valence-corrected chi connectivity index (χ0v) is 19.4. The van der Waals surface area contributed by atoms with Crippen molar-refractivity contribution in [1.82, 2.24) is 5.32 Å². The highest BCUT2D eigenvalue weighted by Gasteiger charge is 2.20. The first-order valence-corrected chi connectivity index (χ1v) is 12.4. The van der Waals surface area contributed by atoms with Gasteiger partial charge in [-0.3, -0.25) is 4.79 Å². The van der Waals surface area contributed by atoms with Gasteiger partial charge in [-0.1, -0.05) is 42.5 Å². The first-order valence-electron chi connectivity index (χ1n) is 11.2. The van der Waals surface area contributed by atoms with E-state index in [0.717, 1.165) is 35.7 Å². The van der Waals surface area contributed by atoms with E-state index in [1.807, 2.05) is 30.3 Å². The number of amides is 1. The lowest BCUT2D eigenvalue weighted by molar-refractivity contribution is 0.0950. The van der Waals surface area contributed by atoms with Crippen molar-refractivity contribution in [2.75, 3.05) is 24.3 Å². The Morgan fingerprint density at radius 1 is 0.970 bits per heavy atom. The number of hydrogen-bond donors (Lipinski definition) is 1. The van der Waals surface area contributed by atoms with Crippen LogP contribution in [0.4, 0.5) is 11.4 Å². The molecule has 0 aliphatic carbocycles. The summed E-state index contributed by atoms with van der Waals surface area (Å²) in [5, 5.41) is 5.46. The van der Waals surface area contributed by atoms with Gasteiger partial charge >= 0.3 is 0 Å². The third kappa shape index (κ3) is 4.69. The van der Waals surface area contributed by atoms with Crippen molar-refractivity contribution in [3.8, 4) is 5.75 Å². The summed E-state index contributed by atoms with van der Waals surface area (Å²) in [5.74, 6) is 0.648. The van der Waals surface area contributed by atoms with Crippen LogP contribution in [-0.4, -0.2) is 25.3 Å². The Labute approximate surface area is 198 Å². The summed E-state index contributed by atoms with van der Waals surface area (Å²) in [4.78, 5) is 16.3. The molecule has 0 spiro atoms. The lowest BCUT2D eigenvalue weighted by Crippen LogP contribution is -2.23. The van der Waals surface area contributed by atoms with E-state index in [-0.39, 0.29) is 5.91 Å². The number of benzene rings is 4. The number of hydrogen-bond acceptors (Lipinski definition) is 4. The molecule has 0 saturated carbocycles. The monoisotopic (exact) mass is 454 g/mol. The summed E-state index contributed by atoms with van der Waals surface area (Å²) in [6.45, 7) is 1.99. The molecule has 0 saturated heterocycles. The highest BCUT2D eigenvalue weighted by atomic mass is 32.2. The van der Waals surface area contributed by atoms with Crippen LogP contribution in [0.25, 0.3) is 10.8 Å². The van der Waals surface area contributed by atoms with Gasteiger partial charge < -0.3 is 15.0 Å². The fourth-order valence-corrected chi connectivity index (χ4v) is 4.57. The minimum Gasteiger partial charge on any atom is -0.491 e. The standard InChI is InChI=1S/C28H26N2O2S/c1-33-25-12-7-20(8-13-25)19-29-28(31)23-10-14-26-27(18-23)32-16-4-15-30(26)24-11-9-21-5-2-3-6-22(21)17-24/h2-3,5-14,17-18H,4,15-16,19H2,1H3,(H,29,31). The molecular formula is C28H26N2O2S. The Hall–Kier alpha value is -3.44. The molecule has 33 heavy (non-hydrogen) atoms. The Balaban J connectivity index is 1.37. The molecule has 1 aliphatic rings. The van der Waals surface area contributed by atoms with Gasteiger partial charge in [0.25, 0.3) is 5.91 Å². The lowest BCUT2D eigenvalue weighted by Gasteiger charge is -2.24. The average molecular weight is 455 g/mol. The van der Waals surface area contributed by atoms with E-state index in [1.54, 1.807) is 11.8 Å². The van der Waals surface area contributed by atoms with Crippen molar-refractivity contribution in [2.45, 2.75) is 17.9 Å². The minimum absolute atomic E-state index is 0.100. The van der Waals surface area contributed by atoms with E-state index in [2.05, 4.69) is 71.1 Å². The highest BCUT2D eigenvalue weighted by molar-refractivity contribution is 7.98. The maximum Gasteiger partial charge on any atom is 0.251 e. The van der Waals surface area contributed by atoms with Crippen molar-refractivity contribution in [3.63, 3.8) is 0 Å². The zero-order chi connectivity index (χ0) is 22.6. The third-order valence-electron chi connectivity index (χ3n) is 5.95. The molecule has 166 valence electrons. The molecule has 0 aromatic heterocycles. The molecular weight excluding hydrogens is 428 g/mol. The van der Waals surface area contributed by atoms with Gasteiger partial charge in [-0.2, -0.15) is 0 Å². The molecule has 4 nitrogen and oxygen atoms in total. The summed E-state index contributed by atoms with van der Waals surface area (Å²) >= 11 is 1.71. The number of fused-ring (bicyclic) bond motifs is 2. The molecule has 0 radical (unpaired) electrons. The molecule has 1 aliphatic heterocycles. The number of ether oxygens (including phenoxy) is 1. The smallest absolute Gasteiger partial charge is 0.251 e. The van der Waals surface area contributed by atoms with E-state index in [1.165, 1.54) is 15.7 Å². The van der Waals surface area contributed by atoms with Gasteiger partial charge in [0, 0.05) is 29.2 Å². The summed E-state index contributed by atoms with van der Waals surface area (Å²) in [5.41, 5.74) is 3.81.